The summed E-state index contributed by atoms with van der Waals surface area (Å²) >= 11 is 0. The van der Waals surface area contributed by atoms with Gasteiger partial charge in [0.15, 0.2) is 5.82 Å². The molecule has 8 heteroatoms. The molecular formula is C14H20N6O2. The molecule has 0 amide bonds. The highest BCUT2D eigenvalue weighted by Crippen LogP contribution is 2.17. The van der Waals surface area contributed by atoms with E-state index in [0.717, 1.165) is 36.9 Å². The second-order valence-corrected chi connectivity index (χ2v) is 5.11. The van der Waals surface area contributed by atoms with E-state index in [0.29, 0.717) is 19.1 Å². The molecular weight excluding hydrogens is 284 g/mol. The Morgan fingerprint density at radius 1 is 1.36 bits per heavy atom. The number of methoxy groups -OCH3 is 1. The molecule has 0 spiro atoms. The molecule has 0 saturated carbocycles. The highest BCUT2D eigenvalue weighted by molar-refractivity contribution is 5.34. The second-order valence-electron chi connectivity index (χ2n) is 5.11. The van der Waals surface area contributed by atoms with Crippen molar-refractivity contribution in [3.63, 3.8) is 0 Å². The van der Waals surface area contributed by atoms with Gasteiger partial charge in [-0.3, -0.25) is 4.98 Å². The maximum atomic E-state index is 5.37. The van der Waals surface area contributed by atoms with Crippen LogP contribution in [0.15, 0.2) is 12.4 Å². The average molecular weight is 304 g/mol. The van der Waals surface area contributed by atoms with Gasteiger partial charge in [-0.1, -0.05) is 0 Å². The third-order valence-electron chi connectivity index (χ3n) is 3.43. The maximum Gasteiger partial charge on any atom is 0.234 e. The van der Waals surface area contributed by atoms with Crippen LogP contribution in [-0.4, -0.2) is 44.5 Å². The van der Waals surface area contributed by atoms with Gasteiger partial charge >= 0.3 is 0 Å². The Hall–Kier alpha value is -2.22. The fourth-order valence-corrected chi connectivity index (χ4v) is 2.51. The Labute approximate surface area is 128 Å². The Morgan fingerprint density at radius 2 is 2.27 bits per heavy atom. The first kappa shape index (κ1) is 14.7. The Morgan fingerprint density at radius 3 is 3.09 bits per heavy atom. The normalized spacial score (nSPS) is 17.1. The topological polar surface area (TPSA) is 87.0 Å². The molecule has 1 aliphatic rings. The second kappa shape index (κ2) is 6.69. The standard InChI is InChI=1S/C14H20N6O2/c1-3-22-14-7-15-6-11(18-14)16-10-4-5-13-17-12(9-21-2)19-20(13)8-10/h6-7,10H,3-5,8-9H2,1-2H3,(H,16,18). The summed E-state index contributed by atoms with van der Waals surface area (Å²) in [6, 6.07) is 0.246. The van der Waals surface area contributed by atoms with Crippen molar-refractivity contribution in [2.24, 2.45) is 0 Å². The molecule has 1 aliphatic heterocycles. The van der Waals surface area contributed by atoms with Crippen molar-refractivity contribution in [1.82, 2.24) is 24.7 Å². The van der Waals surface area contributed by atoms with E-state index in [1.807, 2.05) is 11.6 Å². The number of anilines is 1. The van der Waals surface area contributed by atoms with Gasteiger partial charge in [0.25, 0.3) is 0 Å². The molecule has 8 nitrogen and oxygen atoms in total. The summed E-state index contributed by atoms with van der Waals surface area (Å²) in [5.41, 5.74) is 0. The number of ether oxygens (including phenoxy) is 2. The Balaban J connectivity index is 1.65. The lowest BCUT2D eigenvalue weighted by Gasteiger charge is -2.23. The smallest absolute Gasteiger partial charge is 0.234 e. The monoisotopic (exact) mass is 304 g/mol. The van der Waals surface area contributed by atoms with Gasteiger partial charge in [0, 0.05) is 19.6 Å². The summed E-state index contributed by atoms with van der Waals surface area (Å²) in [4.78, 5) is 13.0. The van der Waals surface area contributed by atoms with Crippen molar-refractivity contribution in [1.29, 1.82) is 0 Å². The van der Waals surface area contributed by atoms with Crippen LogP contribution in [0.2, 0.25) is 0 Å². The van der Waals surface area contributed by atoms with Gasteiger partial charge in [0.1, 0.15) is 18.2 Å². The lowest BCUT2D eigenvalue weighted by Crippen LogP contribution is -2.32. The molecule has 3 rings (SSSR count). The molecule has 1 unspecified atom stereocenters. The molecule has 2 aromatic rings. The predicted molar refractivity (Wildman–Crippen MR) is 79.7 cm³/mol. The largest absolute Gasteiger partial charge is 0.477 e. The molecule has 0 aromatic carbocycles. The number of rotatable bonds is 6. The van der Waals surface area contributed by atoms with Gasteiger partial charge in [-0.2, -0.15) is 10.1 Å². The summed E-state index contributed by atoms with van der Waals surface area (Å²) in [6.07, 6.45) is 5.18. The number of fused-ring (bicyclic) bond motifs is 1. The van der Waals surface area contributed by atoms with Gasteiger partial charge < -0.3 is 14.8 Å². The van der Waals surface area contributed by atoms with Crippen molar-refractivity contribution in [2.45, 2.75) is 39.0 Å². The molecule has 0 bridgehead atoms. The molecule has 0 radical (unpaired) electrons. The third-order valence-corrected chi connectivity index (χ3v) is 3.43. The molecule has 0 saturated heterocycles. The van der Waals surface area contributed by atoms with E-state index < -0.39 is 0 Å². The van der Waals surface area contributed by atoms with Crippen LogP contribution >= 0.6 is 0 Å². The zero-order chi connectivity index (χ0) is 15.4. The fourth-order valence-electron chi connectivity index (χ4n) is 2.51. The first-order valence-corrected chi connectivity index (χ1v) is 7.41. The molecule has 0 fully saturated rings. The highest BCUT2D eigenvalue weighted by Gasteiger charge is 2.22. The first-order valence-electron chi connectivity index (χ1n) is 7.41. The molecule has 22 heavy (non-hydrogen) atoms. The third kappa shape index (κ3) is 3.33. The van der Waals surface area contributed by atoms with E-state index >= 15 is 0 Å². The lowest BCUT2D eigenvalue weighted by molar-refractivity contribution is 0.177. The van der Waals surface area contributed by atoms with Crippen LogP contribution in [0.1, 0.15) is 25.0 Å². The summed E-state index contributed by atoms with van der Waals surface area (Å²) in [7, 11) is 1.65. The van der Waals surface area contributed by atoms with Crippen LogP contribution in [0.5, 0.6) is 5.88 Å². The average Bonchev–Trinajstić information content (AvgIpc) is 2.90. The van der Waals surface area contributed by atoms with Crippen molar-refractivity contribution in [2.75, 3.05) is 19.0 Å². The molecule has 3 heterocycles. The number of aromatic nitrogens is 5. The van der Waals surface area contributed by atoms with Crippen LogP contribution in [0.3, 0.4) is 0 Å². The summed E-state index contributed by atoms with van der Waals surface area (Å²) < 4.78 is 12.4. The van der Waals surface area contributed by atoms with E-state index in [-0.39, 0.29) is 6.04 Å². The maximum absolute atomic E-state index is 5.37. The van der Waals surface area contributed by atoms with Gasteiger partial charge in [0.05, 0.1) is 25.5 Å². The highest BCUT2D eigenvalue weighted by atomic mass is 16.5. The van der Waals surface area contributed by atoms with E-state index in [2.05, 4.69) is 25.4 Å². The Kier molecular flexibility index (Phi) is 4.47. The zero-order valence-corrected chi connectivity index (χ0v) is 12.8. The number of hydrogen-bond acceptors (Lipinski definition) is 7. The minimum absolute atomic E-state index is 0.246. The fraction of sp³-hybridized carbons (Fsp3) is 0.571. The molecule has 2 aromatic heterocycles. The van der Waals surface area contributed by atoms with Crippen LogP contribution in [0.4, 0.5) is 5.82 Å². The SMILES string of the molecule is CCOc1cncc(NC2CCc3nc(COC)nn3C2)n1. The van der Waals surface area contributed by atoms with Crippen molar-refractivity contribution < 1.29 is 9.47 Å². The van der Waals surface area contributed by atoms with Crippen LogP contribution in [0.25, 0.3) is 0 Å². The number of hydrogen-bond donors (Lipinski definition) is 1. The predicted octanol–water partition coefficient (Wildman–Crippen LogP) is 1.04. The van der Waals surface area contributed by atoms with Gasteiger partial charge in [-0.05, 0) is 13.3 Å². The minimum Gasteiger partial charge on any atom is -0.477 e. The molecule has 0 aliphatic carbocycles. The summed E-state index contributed by atoms with van der Waals surface area (Å²) in [5.74, 6) is 3.00. The molecule has 1 N–H and O–H groups in total. The Bertz CT molecular complexity index is 630. The summed E-state index contributed by atoms with van der Waals surface area (Å²) in [5, 5.41) is 7.85. The zero-order valence-electron chi connectivity index (χ0n) is 12.8. The minimum atomic E-state index is 0.246. The van der Waals surface area contributed by atoms with Gasteiger partial charge in [0.2, 0.25) is 5.88 Å². The van der Waals surface area contributed by atoms with E-state index in [4.69, 9.17) is 9.47 Å². The molecule has 118 valence electrons. The van der Waals surface area contributed by atoms with Crippen molar-refractivity contribution >= 4 is 5.82 Å². The van der Waals surface area contributed by atoms with Gasteiger partial charge in [-0.15, -0.1) is 0 Å². The number of nitrogens with zero attached hydrogens (tertiary/aromatic N) is 5. The van der Waals surface area contributed by atoms with Crippen LogP contribution < -0.4 is 10.1 Å². The number of aryl methyl sites for hydroxylation is 1. The van der Waals surface area contributed by atoms with Gasteiger partial charge in [-0.25, -0.2) is 9.67 Å². The quantitative estimate of drug-likeness (QED) is 0.853. The summed E-state index contributed by atoms with van der Waals surface area (Å²) in [6.45, 7) is 3.70. The number of nitrogens with one attached hydrogen (secondary N) is 1. The first-order chi connectivity index (χ1) is 10.8. The van der Waals surface area contributed by atoms with E-state index in [9.17, 15) is 0 Å². The van der Waals surface area contributed by atoms with Crippen LogP contribution in [-0.2, 0) is 24.3 Å². The lowest BCUT2D eigenvalue weighted by atomic mass is 10.1. The van der Waals surface area contributed by atoms with E-state index in [1.54, 1.807) is 19.5 Å². The van der Waals surface area contributed by atoms with Crippen LogP contribution in [0, 0.1) is 0 Å². The van der Waals surface area contributed by atoms with Crippen molar-refractivity contribution in [3.8, 4) is 5.88 Å². The van der Waals surface area contributed by atoms with Crippen molar-refractivity contribution in [3.05, 3.63) is 24.0 Å². The van der Waals surface area contributed by atoms with E-state index in [1.165, 1.54) is 0 Å². The molecule has 1 atom stereocenters.